The molecule has 0 bridgehead atoms. The number of fused-ring (bicyclic) bond motifs is 1. The summed E-state index contributed by atoms with van der Waals surface area (Å²) in [5.74, 6) is -1.86. The summed E-state index contributed by atoms with van der Waals surface area (Å²) >= 11 is 0. The Bertz CT molecular complexity index is 1110. The number of halogens is 2. The van der Waals surface area contributed by atoms with E-state index in [2.05, 4.69) is 0 Å². The molecule has 0 spiro atoms. The number of hydrogen-bond acceptors (Lipinski definition) is 5. The molecule has 1 aromatic carbocycles. The van der Waals surface area contributed by atoms with Gasteiger partial charge in [0.05, 0.1) is 18.0 Å². The van der Waals surface area contributed by atoms with Crippen LogP contribution in [0.4, 0.5) is 14.5 Å². The Kier molecular flexibility index (Phi) is 5.23. The predicted octanol–water partition coefficient (Wildman–Crippen LogP) is 2.96. The van der Waals surface area contributed by atoms with E-state index in [1.54, 1.807) is 9.47 Å². The van der Waals surface area contributed by atoms with Gasteiger partial charge in [-0.2, -0.15) is 0 Å². The minimum atomic E-state index is -1.59. The second kappa shape index (κ2) is 7.71. The van der Waals surface area contributed by atoms with Crippen LogP contribution in [0.3, 0.4) is 0 Å². The number of nitrogens with zero attached hydrogens (tertiary/aromatic N) is 2. The number of pyridine rings is 1. The Morgan fingerprint density at radius 2 is 2.17 bits per heavy atom. The second-order valence-electron chi connectivity index (χ2n) is 7.75. The monoisotopic (exact) mass is 419 g/mol. The normalized spacial score (nSPS) is 19.3. The summed E-state index contributed by atoms with van der Waals surface area (Å²) in [6.07, 6.45) is 4.08. The number of nitrogens with two attached hydrogens (primary N) is 1. The van der Waals surface area contributed by atoms with Crippen molar-refractivity contribution in [1.82, 2.24) is 4.57 Å². The average Bonchev–Trinajstić information content (AvgIpc) is 3.52. The first kappa shape index (κ1) is 20.3. The van der Waals surface area contributed by atoms with Gasteiger partial charge in [-0.15, -0.1) is 0 Å². The number of anilines is 1. The lowest BCUT2D eigenvalue weighted by Crippen LogP contribution is -2.33. The van der Waals surface area contributed by atoms with Gasteiger partial charge in [-0.25, -0.2) is 13.6 Å². The second-order valence-corrected chi connectivity index (χ2v) is 7.75. The van der Waals surface area contributed by atoms with E-state index in [-0.39, 0.29) is 29.4 Å². The van der Waals surface area contributed by atoms with E-state index in [9.17, 15) is 19.1 Å². The number of piperidine rings is 1. The molecule has 2 aliphatic rings. The third-order valence-corrected chi connectivity index (χ3v) is 5.60. The third-order valence-electron chi connectivity index (χ3n) is 5.60. The lowest BCUT2D eigenvalue weighted by molar-refractivity contribution is 0.0694. The van der Waals surface area contributed by atoms with Gasteiger partial charge in [0.15, 0.2) is 17.9 Å². The van der Waals surface area contributed by atoms with Gasteiger partial charge < -0.3 is 19.3 Å². The summed E-state index contributed by atoms with van der Waals surface area (Å²) in [6.45, 7) is 0.815. The molecule has 2 fully saturated rings. The number of carboxylic acids is 1. The topological polar surface area (TPSA) is 97.8 Å². The Balaban J connectivity index is 1.95. The molecule has 1 aliphatic heterocycles. The number of carbonyl (C=O) groups is 1. The average molecular weight is 419 g/mol. The van der Waals surface area contributed by atoms with Crippen LogP contribution in [-0.2, 0) is 0 Å². The Labute approximate surface area is 171 Å². The number of carboxylic acid groups (broad SMARTS) is 1. The fourth-order valence-corrected chi connectivity index (χ4v) is 4.18. The molecule has 1 unspecified atom stereocenters. The third kappa shape index (κ3) is 3.54. The fourth-order valence-electron chi connectivity index (χ4n) is 4.18. The zero-order chi connectivity index (χ0) is 21.6. The standard InChI is InChI=1S/C21H23F2N3O4/c1-30-20-17-13(19(27)14(21(28)29)10-26(17)12-4-5-12)8-15(22)18(20)25-6-2-3-11(9-25)7-16(23)24/h7-8,10,12,16H,2-6,9,24H2,1H3,(H,28,29)/b11-7+. The zero-order valence-electron chi connectivity index (χ0n) is 16.5. The molecule has 1 aliphatic carbocycles. The first-order valence-corrected chi connectivity index (χ1v) is 9.84. The highest BCUT2D eigenvalue weighted by Crippen LogP contribution is 2.44. The highest BCUT2D eigenvalue weighted by molar-refractivity contribution is 5.97. The van der Waals surface area contributed by atoms with E-state index in [0.717, 1.165) is 24.5 Å². The number of methoxy groups -OCH3 is 1. The molecule has 3 N–H and O–H groups in total. The quantitative estimate of drug-likeness (QED) is 0.571. The number of rotatable bonds is 5. The van der Waals surface area contributed by atoms with E-state index in [1.807, 2.05) is 0 Å². The lowest BCUT2D eigenvalue weighted by Gasteiger charge is -2.33. The Morgan fingerprint density at radius 1 is 1.43 bits per heavy atom. The minimum Gasteiger partial charge on any atom is -0.492 e. The van der Waals surface area contributed by atoms with E-state index in [1.165, 1.54) is 19.4 Å². The molecule has 7 nitrogen and oxygen atoms in total. The number of alkyl halides is 1. The van der Waals surface area contributed by atoms with Crippen molar-refractivity contribution in [2.75, 3.05) is 25.1 Å². The van der Waals surface area contributed by atoms with Crippen LogP contribution in [0.1, 0.15) is 42.1 Å². The molecule has 1 saturated carbocycles. The van der Waals surface area contributed by atoms with Crippen LogP contribution >= 0.6 is 0 Å². The van der Waals surface area contributed by atoms with Crippen molar-refractivity contribution in [3.05, 3.63) is 45.5 Å². The van der Waals surface area contributed by atoms with Crippen LogP contribution < -0.4 is 20.8 Å². The Hall–Kier alpha value is -2.94. The van der Waals surface area contributed by atoms with Gasteiger partial charge in [-0.1, -0.05) is 5.57 Å². The molecule has 1 atom stereocenters. The van der Waals surface area contributed by atoms with Crippen molar-refractivity contribution in [2.24, 2.45) is 5.73 Å². The molecule has 4 rings (SSSR count). The number of ether oxygens (including phenoxy) is 1. The fraction of sp³-hybridized carbons (Fsp3) is 0.429. The number of aromatic nitrogens is 1. The minimum absolute atomic E-state index is 0.0276. The molecule has 1 aromatic heterocycles. The van der Waals surface area contributed by atoms with E-state index in [4.69, 9.17) is 10.5 Å². The molecule has 2 heterocycles. The van der Waals surface area contributed by atoms with Gasteiger partial charge in [0.1, 0.15) is 11.3 Å². The van der Waals surface area contributed by atoms with Gasteiger partial charge >= 0.3 is 5.97 Å². The van der Waals surface area contributed by atoms with Gasteiger partial charge in [-0.3, -0.25) is 10.5 Å². The van der Waals surface area contributed by atoms with Crippen LogP contribution in [0.25, 0.3) is 10.9 Å². The molecule has 0 amide bonds. The van der Waals surface area contributed by atoms with E-state index >= 15 is 4.39 Å². The van der Waals surface area contributed by atoms with Crippen molar-refractivity contribution in [3.63, 3.8) is 0 Å². The summed E-state index contributed by atoms with van der Waals surface area (Å²) < 4.78 is 35.8. The zero-order valence-corrected chi connectivity index (χ0v) is 16.5. The van der Waals surface area contributed by atoms with Crippen LogP contribution in [0.15, 0.2) is 28.7 Å². The van der Waals surface area contributed by atoms with Crippen molar-refractivity contribution in [1.29, 1.82) is 0 Å². The van der Waals surface area contributed by atoms with Crippen molar-refractivity contribution >= 4 is 22.6 Å². The largest absolute Gasteiger partial charge is 0.492 e. The van der Waals surface area contributed by atoms with Crippen LogP contribution in [0, 0.1) is 5.82 Å². The number of aromatic carboxylic acids is 1. The van der Waals surface area contributed by atoms with Crippen molar-refractivity contribution in [2.45, 2.75) is 38.0 Å². The smallest absolute Gasteiger partial charge is 0.341 e. The van der Waals surface area contributed by atoms with E-state index in [0.29, 0.717) is 24.9 Å². The van der Waals surface area contributed by atoms with E-state index < -0.39 is 29.1 Å². The lowest BCUT2D eigenvalue weighted by atomic mass is 10.0. The maximum absolute atomic E-state index is 15.3. The molecule has 9 heteroatoms. The highest BCUT2D eigenvalue weighted by atomic mass is 19.1. The summed E-state index contributed by atoms with van der Waals surface area (Å²) in [5, 5.41) is 9.38. The summed E-state index contributed by atoms with van der Waals surface area (Å²) in [7, 11) is 1.39. The molecular formula is C21H23F2N3O4. The van der Waals surface area contributed by atoms with Crippen LogP contribution in [0.2, 0.25) is 0 Å². The maximum atomic E-state index is 15.3. The first-order valence-electron chi connectivity index (χ1n) is 9.84. The summed E-state index contributed by atoms with van der Waals surface area (Å²) in [5.41, 5.74) is 5.41. The molecule has 0 radical (unpaired) electrons. The van der Waals surface area contributed by atoms with Crippen molar-refractivity contribution in [3.8, 4) is 5.75 Å². The summed E-state index contributed by atoms with van der Waals surface area (Å²) in [6, 6.07) is 1.11. The molecule has 160 valence electrons. The molecule has 30 heavy (non-hydrogen) atoms. The SMILES string of the molecule is COc1c(N2CCC/C(=C\C(N)F)C2)c(F)cc2c(=O)c(C(=O)O)cn(C3CC3)c12. The van der Waals surface area contributed by atoms with Gasteiger partial charge in [-0.05, 0) is 37.8 Å². The van der Waals surface area contributed by atoms with Gasteiger partial charge in [0, 0.05) is 25.3 Å². The maximum Gasteiger partial charge on any atom is 0.341 e. The molecule has 2 aromatic rings. The first-order chi connectivity index (χ1) is 14.3. The number of benzene rings is 1. The van der Waals surface area contributed by atoms with Crippen LogP contribution in [0.5, 0.6) is 5.75 Å². The molecule has 1 saturated heterocycles. The van der Waals surface area contributed by atoms with Crippen molar-refractivity contribution < 1.29 is 23.4 Å². The highest BCUT2D eigenvalue weighted by Gasteiger charge is 2.31. The Morgan fingerprint density at radius 3 is 2.77 bits per heavy atom. The predicted molar refractivity (Wildman–Crippen MR) is 109 cm³/mol. The van der Waals surface area contributed by atoms with Gasteiger partial charge in [0.25, 0.3) is 0 Å². The van der Waals surface area contributed by atoms with Crippen LogP contribution in [-0.4, -0.2) is 42.1 Å². The summed E-state index contributed by atoms with van der Waals surface area (Å²) in [4.78, 5) is 26.0. The molecular weight excluding hydrogens is 396 g/mol. The number of hydrogen-bond donors (Lipinski definition) is 2. The van der Waals surface area contributed by atoms with Gasteiger partial charge in [0.2, 0.25) is 5.43 Å².